The molecule has 0 bridgehead atoms. The third-order valence-electron chi connectivity index (χ3n) is 5.07. The Hall–Kier alpha value is -2.38. The molecule has 1 unspecified atom stereocenters. The molecule has 7 heteroatoms. The second kappa shape index (κ2) is 10.4. The smallest absolute Gasteiger partial charge is 0.251 e. The molecule has 1 aliphatic rings. The molecule has 1 saturated heterocycles. The van der Waals surface area contributed by atoms with Crippen LogP contribution in [-0.2, 0) is 4.79 Å². The van der Waals surface area contributed by atoms with Crippen molar-refractivity contribution in [3.63, 3.8) is 0 Å². The summed E-state index contributed by atoms with van der Waals surface area (Å²) >= 11 is 3.34. The second-order valence-electron chi connectivity index (χ2n) is 7.00. The number of para-hydroxylation sites is 1. The van der Waals surface area contributed by atoms with E-state index in [0.717, 1.165) is 41.7 Å². The molecule has 2 N–H and O–H groups in total. The highest BCUT2D eigenvalue weighted by atomic mass is 79.9. The summed E-state index contributed by atoms with van der Waals surface area (Å²) in [5.74, 6) is 0.330. The van der Waals surface area contributed by atoms with Crippen LogP contribution < -0.4 is 15.4 Å². The summed E-state index contributed by atoms with van der Waals surface area (Å²) in [5.41, 5.74) is 1.58. The number of benzene rings is 2. The molecule has 1 fully saturated rings. The van der Waals surface area contributed by atoms with Gasteiger partial charge in [-0.2, -0.15) is 0 Å². The summed E-state index contributed by atoms with van der Waals surface area (Å²) < 4.78 is 6.35. The van der Waals surface area contributed by atoms with E-state index in [-0.39, 0.29) is 24.4 Å². The van der Waals surface area contributed by atoms with Crippen LogP contribution in [0.2, 0.25) is 0 Å². The van der Waals surface area contributed by atoms with Gasteiger partial charge in [-0.3, -0.25) is 14.5 Å². The molecule has 0 saturated carbocycles. The van der Waals surface area contributed by atoms with Crippen molar-refractivity contribution in [2.24, 2.45) is 0 Å². The molecule has 29 heavy (non-hydrogen) atoms. The number of carbonyl (C=O) groups excluding carboxylic acids is 2. The number of nitrogens with one attached hydrogen (secondary N) is 2. The number of methoxy groups -OCH3 is 1. The molecule has 0 spiro atoms. The molecule has 1 aliphatic heterocycles. The molecule has 0 radical (unpaired) electrons. The lowest BCUT2D eigenvalue weighted by Gasteiger charge is -2.29. The van der Waals surface area contributed by atoms with Crippen LogP contribution in [0.4, 0.5) is 0 Å². The van der Waals surface area contributed by atoms with Crippen molar-refractivity contribution < 1.29 is 14.3 Å². The van der Waals surface area contributed by atoms with Crippen LogP contribution in [0.15, 0.2) is 53.0 Å². The van der Waals surface area contributed by atoms with E-state index < -0.39 is 0 Å². The van der Waals surface area contributed by atoms with Crippen molar-refractivity contribution in [2.75, 3.05) is 33.3 Å². The predicted molar refractivity (Wildman–Crippen MR) is 116 cm³/mol. The SMILES string of the molecule is COc1ccccc1C(CNC(=O)CNC(=O)c1cccc(Br)c1)N1CCCC1. The fourth-order valence-electron chi connectivity index (χ4n) is 3.60. The van der Waals surface area contributed by atoms with Gasteiger partial charge in [0, 0.05) is 22.1 Å². The molecular formula is C22H26BrN3O3. The Kier molecular flexibility index (Phi) is 7.66. The largest absolute Gasteiger partial charge is 0.496 e. The van der Waals surface area contributed by atoms with Gasteiger partial charge in [-0.25, -0.2) is 0 Å². The van der Waals surface area contributed by atoms with Gasteiger partial charge in [0.15, 0.2) is 0 Å². The first-order valence-electron chi connectivity index (χ1n) is 9.76. The Labute approximate surface area is 179 Å². The lowest BCUT2D eigenvalue weighted by molar-refractivity contribution is -0.120. The quantitative estimate of drug-likeness (QED) is 0.635. The van der Waals surface area contributed by atoms with Gasteiger partial charge < -0.3 is 15.4 Å². The number of halogens is 1. The monoisotopic (exact) mass is 459 g/mol. The summed E-state index contributed by atoms with van der Waals surface area (Å²) in [6.07, 6.45) is 2.31. The maximum Gasteiger partial charge on any atom is 0.251 e. The number of amides is 2. The minimum Gasteiger partial charge on any atom is -0.496 e. The molecule has 154 valence electrons. The van der Waals surface area contributed by atoms with Crippen LogP contribution in [0, 0.1) is 0 Å². The minimum atomic E-state index is -0.276. The summed E-state index contributed by atoms with van der Waals surface area (Å²) in [5, 5.41) is 5.64. The van der Waals surface area contributed by atoms with Gasteiger partial charge >= 0.3 is 0 Å². The van der Waals surface area contributed by atoms with Crippen LogP contribution in [-0.4, -0.2) is 50.0 Å². The van der Waals surface area contributed by atoms with Gasteiger partial charge in [0.25, 0.3) is 5.91 Å². The lowest BCUT2D eigenvalue weighted by atomic mass is 10.0. The lowest BCUT2D eigenvalue weighted by Crippen LogP contribution is -2.41. The van der Waals surface area contributed by atoms with Crippen molar-refractivity contribution in [2.45, 2.75) is 18.9 Å². The van der Waals surface area contributed by atoms with Crippen molar-refractivity contribution >= 4 is 27.7 Å². The topological polar surface area (TPSA) is 70.7 Å². The van der Waals surface area contributed by atoms with E-state index in [0.29, 0.717) is 12.1 Å². The Balaban J connectivity index is 1.59. The maximum absolute atomic E-state index is 12.4. The highest BCUT2D eigenvalue weighted by Crippen LogP contribution is 2.31. The van der Waals surface area contributed by atoms with Gasteiger partial charge in [0.05, 0.1) is 19.7 Å². The third kappa shape index (κ3) is 5.81. The number of ether oxygens (including phenoxy) is 1. The van der Waals surface area contributed by atoms with E-state index in [1.807, 2.05) is 30.3 Å². The average Bonchev–Trinajstić information content (AvgIpc) is 3.27. The van der Waals surface area contributed by atoms with E-state index in [1.165, 1.54) is 0 Å². The van der Waals surface area contributed by atoms with Crippen LogP contribution in [0.3, 0.4) is 0 Å². The van der Waals surface area contributed by atoms with Crippen molar-refractivity contribution in [1.29, 1.82) is 0 Å². The Morgan fingerprint density at radius 1 is 1.10 bits per heavy atom. The fourth-order valence-corrected chi connectivity index (χ4v) is 4.00. The van der Waals surface area contributed by atoms with Crippen molar-refractivity contribution in [3.05, 3.63) is 64.1 Å². The number of hydrogen-bond acceptors (Lipinski definition) is 4. The van der Waals surface area contributed by atoms with Crippen LogP contribution in [0.5, 0.6) is 5.75 Å². The zero-order chi connectivity index (χ0) is 20.6. The highest BCUT2D eigenvalue weighted by Gasteiger charge is 2.26. The van der Waals surface area contributed by atoms with E-state index >= 15 is 0 Å². The van der Waals surface area contributed by atoms with Crippen LogP contribution >= 0.6 is 15.9 Å². The fraction of sp³-hybridized carbons (Fsp3) is 0.364. The normalized spacial score (nSPS) is 15.0. The number of carbonyl (C=O) groups is 2. The summed E-state index contributed by atoms with van der Waals surface area (Å²) in [6, 6.07) is 15.0. The zero-order valence-corrected chi connectivity index (χ0v) is 18.1. The summed E-state index contributed by atoms with van der Waals surface area (Å²) in [7, 11) is 1.66. The molecule has 3 rings (SSSR count). The standard InChI is InChI=1S/C22H26BrN3O3/c1-29-20-10-3-2-9-18(20)19(26-11-4-5-12-26)14-24-21(27)15-25-22(28)16-7-6-8-17(23)13-16/h2-3,6-10,13,19H,4-5,11-12,14-15H2,1H3,(H,24,27)(H,25,28). The Morgan fingerprint density at radius 3 is 2.59 bits per heavy atom. The highest BCUT2D eigenvalue weighted by molar-refractivity contribution is 9.10. The van der Waals surface area contributed by atoms with E-state index in [4.69, 9.17) is 4.74 Å². The molecule has 2 aromatic rings. The molecule has 0 aliphatic carbocycles. The summed E-state index contributed by atoms with van der Waals surface area (Å²) in [6.45, 7) is 2.40. The first-order valence-corrected chi connectivity index (χ1v) is 10.5. The van der Waals surface area contributed by atoms with Gasteiger partial charge in [-0.1, -0.05) is 40.2 Å². The van der Waals surface area contributed by atoms with E-state index in [9.17, 15) is 9.59 Å². The average molecular weight is 460 g/mol. The number of likely N-dealkylation sites (tertiary alicyclic amines) is 1. The molecule has 2 aromatic carbocycles. The number of hydrogen-bond donors (Lipinski definition) is 2. The van der Waals surface area contributed by atoms with Crippen LogP contribution in [0.1, 0.15) is 34.8 Å². The molecule has 2 amide bonds. The van der Waals surface area contributed by atoms with Crippen LogP contribution in [0.25, 0.3) is 0 Å². The minimum absolute atomic E-state index is 0.0402. The molecule has 1 heterocycles. The van der Waals surface area contributed by atoms with Crippen molar-refractivity contribution in [3.8, 4) is 5.75 Å². The predicted octanol–water partition coefficient (Wildman–Crippen LogP) is 3.14. The Bertz CT molecular complexity index is 853. The van der Waals surface area contributed by atoms with Gasteiger partial charge in [-0.05, 0) is 50.2 Å². The van der Waals surface area contributed by atoms with Crippen molar-refractivity contribution in [1.82, 2.24) is 15.5 Å². The maximum atomic E-state index is 12.4. The Morgan fingerprint density at radius 2 is 1.86 bits per heavy atom. The number of nitrogens with zero attached hydrogens (tertiary/aromatic N) is 1. The third-order valence-corrected chi connectivity index (χ3v) is 5.56. The van der Waals surface area contributed by atoms with Gasteiger partial charge in [0.1, 0.15) is 5.75 Å². The molecule has 1 atom stereocenters. The van der Waals surface area contributed by atoms with Gasteiger partial charge in [-0.15, -0.1) is 0 Å². The zero-order valence-electron chi connectivity index (χ0n) is 16.5. The molecular weight excluding hydrogens is 434 g/mol. The van der Waals surface area contributed by atoms with E-state index in [1.54, 1.807) is 25.3 Å². The van der Waals surface area contributed by atoms with E-state index in [2.05, 4.69) is 31.5 Å². The molecule has 0 aromatic heterocycles. The first kappa shape index (κ1) is 21.3. The summed E-state index contributed by atoms with van der Waals surface area (Å²) in [4.78, 5) is 27.0. The van der Waals surface area contributed by atoms with Gasteiger partial charge in [0.2, 0.25) is 5.91 Å². The number of rotatable bonds is 8. The molecule has 6 nitrogen and oxygen atoms in total. The second-order valence-corrected chi connectivity index (χ2v) is 7.91. The first-order chi connectivity index (χ1) is 14.1.